The van der Waals surface area contributed by atoms with E-state index in [0.29, 0.717) is 29.7 Å². The predicted molar refractivity (Wildman–Crippen MR) is 106 cm³/mol. The normalized spacial score (nSPS) is 25.4. The Morgan fingerprint density at radius 2 is 1.56 bits per heavy atom. The van der Waals surface area contributed by atoms with Crippen molar-refractivity contribution in [3.05, 3.63) is 17.7 Å². The van der Waals surface area contributed by atoms with Gasteiger partial charge in [-0.3, -0.25) is 9.80 Å². The number of benzene rings is 1. The lowest BCUT2D eigenvalue weighted by Crippen LogP contribution is -2.53. The Morgan fingerprint density at radius 1 is 0.926 bits per heavy atom. The fourth-order valence-electron chi connectivity index (χ4n) is 4.49. The van der Waals surface area contributed by atoms with Gasteiger partial charge in [0.1, 0.15) is 0 Å². The highest BCUT2D eigenvalue weighted by molar-refractivity contribution is 5.55. The summed E-state index contributed by atoms with van der Waals surface area (Å²) in [6.07, 6.45) is 3.08. The van der Waals surface area contributed by atoms with E-state index in [1.165, 1.54) is 12.8 Å². The van der Waals surface area contributed by atoms with Gasteiger partial charge in [-0.1, -0.05) is 6.07 Å². The van der Waals surface area contributed by atoms with E-state index in [-0.39, 0.29) is 0 Å². The summed E-state index contributed by atoms with van der Waals surface area (Å²) in [6.45, 7) is 9.54. The molecule has 0 N–H and O–H groups in total. The SMILES string of the molecule is COc1ccc(CN2CCC(N3CC(C)OC(C)C3)CC2)c(OC)c1OC. The van der Waals surface area contributed by atoms with Crippen LogP contribution >= 0.6 is 0 Å². The van der Waals surface area contributed by atoms with E-state index in [2.05, 4.69) is 29.7 Å². The third-order valence-corrected chi connectivity index (χ3v) is 5.70. The first-order valence-electron chi connectivity index (χ1n) is 9.95. The third-order valence-electron chi connectivity index (χ3n) is 5.70. The fraction of sp³-hybridized carbons (Fsp3) is 0.714. The highest BCUT2D eigenvalue weighted by Crippen LogP contribution is 2.40. The Kier molecular flexibility index (Phi) is 6.84. The van der Waals surface area contributed by atoms with Crippen LogP contribution in [0.5, 0.6) is 17.2 Å². The second kappa shape index (κ2) is 9.13. The molecule has 0 amide bonds. The molecule has 0 radical (unpaired) electrons. The minimum absolute atomic E-state index is 0.336. The molecule has 2 aliphatic heterocycles. The van der Waals surface area contributed by atoms with Gasteiger partial charge in [-0.25, -0.2) is 0 Å². The second-order valence-electron chi connectivity index (χ2n) is 7.71. The Balaban J connectivity index is 1.61. The highest BCUT2D eigenvalue weighted by atomic mass is 16.5. The van der Waals surface area contributed by atoms with Crippen LogP contribution in [0.3, 0.4) is 0 Å². The average molecular weight is 379 g/mol. The van der Waals surface area contributed by atoms with E-state index in [0.717, 1.165) is 44.0 Å². The third kappa shape index (κ3) is 4.68. The molecule has 0 spiro atoms. The van der Waals surface area contributed by atoms with Gasteiger partial charge >= 0.3 is 0 Å². The van der Waals surface area contributed by atoms with E-state index in [9.17, 15) is 0 Å². The predicted octanol–water partition coefficient (Wildman–Crippen LogP) is 2.79. The summed E-state index contributed by atoms with van der Waals surface area (Å²) < 4.78 is 22.4. The largest absolute Gasteiger partial charge is 0.493 e. The Morgan fingerprint density at radius 3 is 2.11 bits per heavy atom. The van der Waals surface area contributed by atoms with Crippen molar-refractivity contribution < 1.29 is 18.9 Å². The molecule has 1 aromatic rings. The molecule has 2 aliphatic rings. The van der Waals surface area contributed by atoms with Crippen LogP contribution < -0.4 is 14.2 Å². The minimum Gasteiger partial charge on any atom is -0.493 e. The number of methoxy groups -OCH3 is 3. The van der Waals surface area contributed by atoms with Crippen LogP contribution in [0.4, 0.5) is 0 Å². The molecule has 3 rings (SSSR count). The number of hydrogen-bond donors (Lipinski definition) is 0. The molecular formula is C21H34N2O4. The van der Waals surface area contributed by atoms with Crippen molar-refractivity contribution in [2.45, 2.75) is 51.5 Å². The standard InChI is InChI=1S/C21H34N2O4/c1-15-12-23(13-16(2)27-15)18-8-10-22(11-9-18)14-17-6-7-19(24-3)21(26-5)20(17)25-4/h6-7,15-16,18H,8-14H2,1-5H3. The zero-order valence-corrected chi connectivity index (χ0v) is 17.4. The molecule has 6 nitrogen and oxygen atoms in total. The number of likely N-dealkylation sites (tertiary alicyclic amines) is 1. The van der Waals surface area contributed by atoms with E-state index in [4.69, 9.17) is 18.9 Å². The van der Waals surface area contributed by atoms with Gasteiger partial charge in [0, 0.05) is 31.2 Å². The minimum atomic E-state index is 0.336. The van der Waals surface area contributed by atoms with Crippen molar-refractivity contribution in [3.63, 3.8) is 0 Å². The lowest BCUT2D eigenvalue weighted by Gasteiger charge is -2.43. The van der Waals surface area contributed by atoms with Crippen LogP contribution in [0.1, 0.15) is 32.3 Å². The lowest BCUT2D eigenvalue weighted by atomic mass is 10.0. The number of nitrogens with zero attached hydrogens (tertiary/aromatic N) is 2. The van der Waals surface area contributed by atoms with Crippen LogP contribution in [0.2, 0.25) is 0 Å². The highest BCUT2D eigenvalue weighted by Gasteiger charge is 2.30. The molecule has 0 bridgehead atoms. The summed E-state index contributed by atoms with van der Waals surface area (Å²) in [6, 6.07) is 4.71. The van der Waals surface area contributed by atoms with Crippen LogP contribution in [0.15, 0.2) is 12.1 Å². The summed E-state index contributed by atoms with van der Waals surface area (Å²) in [5, 5.41) is 0. The van der Waals surface area contributed by atoms with Crippen molar-refractivity contribution >= 4 is 0 Å². The molecule has 2 unspecified atom stereocenters. The molecule has 1 aromatic carbocycles. The summed E-state index contributed by atoms with van der Waals surface area (Å²) in [7, 11) is 4.99. The summed E-state index contributed by atoms with van der Waals surface area (Å²) in [5.41, 5.74) is 1.14. The zero-order chi connectivity index (χ0) is 19.4. The van der Waals surface area contributed by atoms with Crippen molar-refractivity contribution in [2.24, 2.45) is 0 Å². The Hall–Kier alpha value is -1.50. The van der Waals surface area contributed by atoms with Gasteiger partial charge < -0.3 is 18.9 Å². The molecule has 27 heavy (non-hydrogen) atoms. The molecule has 2 heterocycles. The molecule has 0 aliphatic carbocycles. The number of ether oxygens (including phenoxy) is 4. The Labute approximate surface area is 163 Å². The smallest absolute Gasteiger partial charge is 0.203 e. The van der Waals surface area contributed by atoms with E-state index in [1.807, 2.05) is 6.07 Å². The average Bonchev–Trinajstić information content (AvgIpc) is 2.67. The van der Waals surface area contributed by atoms with Gasteiger partial charge in [0.2, 0.25) is 5.75 Å². The summed E-state index contributed by atoms with van der Waals surface area (Å²) in [5.74, 6) is 2.14. The molecule has 2 fully saturated rings. The van der Waals surface area contributed by atoms with E-state index in [1.54, 1.807) is 21.3 Å². The maximum absolute atomic E-state index is 5.89. The van der Waals surface area contributed by atoms with Gasteiger partial charge in [-0.05, 0) is 45.8 Å². The fourth-order valence-corrected chi connectivity index (χ4v) is 4.49. The number of piperidine rings is 1. The maximum Gasteiger partial charge on any atom is 0.203 e. The van der Waals surface area contributed by atoms with Crippen LogP contribution in [-0.4, -0.2) is 75.6 Å². The quantitative estimate of drug-likeness (QED) is 0.758. The van der Waals surface area contributed by atoms with Crippen molar-refractivity contribution in [2.75, 3.05) is 47.5 Å². The second-order valence-corrected chi connectivity index (χ2v) is 7.71. The first-order chi connectivity index (χ1) is 13.0. The monoisotopic (exact) mass is 378 g/mol. The summed E-state index contributed by atoms with van der Waals surface area (Å²) in [4.78, 5) is 5.14. The molecule has 6 heteroatoms. The number of hydrogen-bond acceptors (Lipinski definition) is 6. The van der Waals surface area contributed by atoms with Gasteiger partial charge in [0.15, 0.2) is 11.5 Å². The lowest BCUT2D eigenvalue weighted by molar-refractivity contribution is -0.0865. The van der Waals surface area contributed by atoms with Gasteiger partial charge in [-0.15, -0.1) is 0 Å². The van der Waals surface area contributed by atoms with Crippen molar-refractivity contribution in [3.8, 4) is 17.2 Å². The van der Waals surface area contributed by atoms with Crippen molar-refractivity contribution in [1.82, 2.24) is 9.80 Å². The first kappa shape index (κ1) is 20.2. The van der Waals surface area contributed by atoms with E-state index < -0.39 is 0 Å². The van der Waals surface area contributed by atoms with Crippen molar-refractivity contribution in [1.29, 1.82) is 0 Å². The molecular weight excluding hydrogens is 344 g/mol. The first-order valence-corrected chi connectivity index (χ1v) is 9.95. The van der Waals surface area contributed by atoms with Crippen LogP contribution in [0, 0.1) is 0 Å². The topological polar surface area (TPSA) is 43.4 Å². The molecule has 152 valence electrons. The van der Waals surface area contributed by atoms with Gasteiger partial charge in [0.25, 0.3) is 0 Å². The van der Waals surface area contributed by atoms with Crippen LogP contribution in [0.25, 0.3) is 0 Å². The molecule has 2 saturated heterocycles. The van der Waals surface area contributed by atoms with E-state index >= 15 is 0 Å². The maximum atomic E-state index is 5.89. The molecule has 2 atom stereocenters. The van der Waals surface area contributed by atoms with Gasteiger partial charge in [0.05, 0.1) is 33.5 Å². The van der Waals surface area contributed by atoms with Crippen LogP contribution in [-0.2, 0) is 11.3 Å². The summed E-state index contributed by atoms with van der Waals surface area (Å²) >= 11 is 0. The number of rotatable bonds is 6. The van der Waals surface area contributed by atoms with Gasteiger partial charge in [-0.2, -0.15) is 0 Å². The number of morpholine rings is 1. The molecule has 0 aromatic heterocycles. The Bertz CT molecular complexity index is 606. The zero-order valence-electron chi connectivity index (χ0n) is 17.4. The molecule has 0 saturated carbocycles.